The average Bonchev–Trinajstić information content (AvgIpc) is 3.00. The van der Waals surface area contributed by atoms with Gasteiger partial charge >= 0.3 is 0 Å². The highest BCUT2D eigenvalue weighted by molar-refractivity contribution is 5.84. The Kier molecular flexibility index (Phi) is 4.50. The Hall–Kier alpha value is -2.93. The normalized spacial score (nSPS) is 26.9. The topological polar surface area (TPSA) is 82.9 Å². The number of hydrogen-bond donors (Lipinski definition) is 1. The molecule has 0 aliphatic carbocycles. The van der Waals surface area contributed by atoms with Gasteiger partial charge in [0.2, 0.25) is 11.8 Å². The third-order valence-electron chi connectivity index (χ3n) is 7.01. The number of aliphatic hydroxyl groups excluding tert-OH is 1. The number of aromatic nitrogens is 1. The largest absolute Gasteiger partial charge is 0.396 e. The Morgan fingerprint density at radius 1 is 1.10 bits per heavy atom. The van der Waals surface area contributed by atoms with Gasteiger partial charge in [-0.2, -0.15) is 0 Å². The van der Waals surface area contributed by atoms with E-state index >= 15 is 0 Å². The number of benzene rings is 1. The molecule has 3 aliphatic rings. The van der Waals surface area contributed by atoms with E-state index in [9.17, 15) is 19.5 Å². The van der Waals surface area contributed by atoms with Crippen LogP contribution in [-0.4, -0.2) is 50.5 Å². The van der Waals surface area contributed by atoms with Gasteiger partial charge in [0.25, 0.3) is 5.56 Å². The van der Waals surface area contributed by atoms with E-state index in [1.807, 2.05) is 29.2 Å². The van der Waals surface area contributed by atoms with E-state index < -0.39 is 17.9 Å². The first kappa shape index (κ1) is 19.1. The number of carbonyl (C=O) groups is 2. The summed E-state index contributed by atoms with van der Waals surface area (Å²) in [5.74, 6) is -1.15. The van der Waals surface area contributed by atoms with Crippen LogP contribution < -0.4 is 5.56 Å². The maximum atomic E-state index is 13.8. The van der Waals surface area contributed by atoms with Gasteiger partial charge in [-0.1, -0.05) is 30.3 Å². The number of pyridine rings is 1. The van der Waals surface area contributed by atoms with Crippen LogP contribution in [0.4, 0.5) is 0 Å². The van der Waals surface area contributed by atoms with Crippen LogP contribution in [0.1, 0.15) is 29.8 Å². The van der Waals surface area contributed by atoms with Crippen molar-refractivity contribution in [3.63, 3.8) is 0 Å². The summed E-state index contributed by atoms with van der Waals surface area (Å²) >= 11 is 0. The second kappa shape index (κ2) is 7.09. The summed E-state index contributed by atoms with van der Waals surface area (Å²) in [4.78, 5) is 42.4. The van der Waals surface area contributed by atoms with Crippen LogP contribution in [0.5, 0.6) is 0 Å². The number of amides is 2. The molecule has 4 atom stereocenters. The van der Waals surface area contributed by atoms with Crippen LogP contribution in [-0.2, 0) is 29.1 Å². The number of fused-ring (bicyclic) bond motifs is 5. The molecule has 30 heavy (non-hydrogen) atoms. The molecule has 0 unspecified atom stereocenters. The van der Waals surface area contributed by atoms with Crippen LogP contribution in [0, 0.1) is 11.8 Å². The summed E-state index contributed by atoms with van der Waals surface area (Å²) in [6.45, 7) is 2.75. The van der Waals surface area contributed by atoms with Crippen LogP contribution in [0.2, 0.25) is 0 Å². The molecule has 1 saturated heterocycles. The molecule has 1 fully saturated rings. The summed E-state index contributed by atoms with van der Waals surface area (Å²) < 4.78 is 1.66. The summed E-state index contributed by atoms with van der Waals surface area (Å²) in [5.41, 5.74) is 2.94. The van der Waals surface area contributed by atoms with E-state index in [4.69, 9.17) is 0 Å². The van der Waals surface area contributed by atoms with Gasteiger partial charge in [-0.3, -0.25) is 14.4 Å². The lowest BCUT2D eigenvalue weighted by atomic mass is 9.85. The summed E-state index contributed by atoms with van der Waals surface area (Å²) in [7, 11) is 0. The van der Waals surface area contributed by atoms with Gasteiger partial charge in [0.05, 0.1) is 18.0 Å². The van der Waals surface area contributed by atoms with Crippen molar-refractivity contribution in [2.45, 2.75) is 38.5 Å². The van der Waals surface area contributed by atoms with Crippen molar-refractivity contribution in [3.05, 3.63) is 69.6 Å². The Labute approximate surface area is 174 Å². The van der Waals surface area contributed by atoms with Crippen molar-refractivity contribution in [1.82, 2.24) is 14.4 Å². The number of carbonyl (C=O) groups excluding carboxylic acids is 2. The fourth-order valence-corrected chi connectivity index (χ4v) is 5.66. The lowest BCUT2D eigenvalue weighted by Gasteiger charge is -2.38. The van der Waals surface area contributed by atoms with Gasteiger partial charge in [0.15, 0.2) is 0 Å². The maximum Gasteiger partial charge on any atom is 0.250 e. The first-order valence-electron chi connectivity index (χ1n) is 10.5. The monoisotopic (exact) mass is 407 g/mol. The van der Waals surface area contributed by atoms with Gasteiger partial charge < -0.3 is 19.5 Å². The summed E-state index contributed by atoms with van der Waals surface area (Å²) in [6, 6.07) is 12.2. The minimum atomic E-state index is -0.565. The predicted molar refractivity (Wildman–Crippen MR) is 109 cm³/mol. The molecule has 7 nitrogen and oxygen atoms in total. The SMILES string of the molecule is CC(=O)N1[C@@H]2c3cccc(=O)n3C[C@H]1[C@H](CO)[C@H]2C(=O)N1CCc2ccccc2C1. The molecule has 7 heteroatoms. The van der Waals surface area contributed by atoms with Crippen molar-refractivity contribution < 1.29 is 14.7 Å². The molecular weight excluding hydrogens is 382 g/mol. The van der Waals surface area contributed by atoms with Crippen LogP contribution in [0.3, 0.4) is 0 Å². The first-order valence-corrected chi connectivity index (χ1v) is 10.5. The van der Waals surface area contributed by atoms with E-state index in [1.54, 1.807) is 15.5 Å². The van der Waals surface area contributed by atoms with Gasteiger partial charge in [-0.15, -0.1) is 0 Å². The molecule has 2 aromatic rings. The van der Waals surface area contributed by atoms with E-state index in [-0.39, 0.29) is 30.0 Å². The van der Waals surface area contributed by atoms with E-state index in [0.29, 0.717) is 25.3 Å². The van der Waals surface area contributed by atoms with Crippen molar-refractivity contribution in [3.8, 4) is 0 Å². The Morgan fingerprint density at radius 2 is 1.87 bits per heavy atom. The predicted octanol–water partition coefficient (Wildman–Crippen LogP) is 0.943. The molecule has 2 bridgehead atoms. The summed E-state index contributed by atoms with van der Waals surface area (Å²) in [5, 5.41) is 10.2. The Bertz CT molecular complexity index is 1080. The van der Waals surface area contributed by atoms with Crippen molar-refractivity contribution >= 4 is 11.8 Å². The third kappa shape index (κ3) is 2.72. The van der Waals surface area contributed by atoms with E-state index in [0.717, 1.165) is 12.0 Å². The Morgan fingerprint density at radius 3 is 2.60 bits per heavy atom. The average molecular weight is 407 g/mol. The lowest BCUT2D eigenvalue weighted by molar-refractivity contribution is -0.140. The highest BCUT2D eigenvalue weighted by atomic mass is 16.3. The fourth-order valence-electron chi connectivity index (χ4n) is 5.66. The second-order valence-corrected chi connectivity index (χ2v) is 8.49. The third-order valence-corrected chi connectivity index (χ3v) is 7.01. The smallest absolute Gasteiger partial charge is 0.250 e. The molecule has 0 spiro atoms. The van der Waals surface area contributed by atoms with E-state index in [2.05, 4.69) is 6.07 Å². The molecule has 3 aliphatic heterocycles. The molecule has 0 saturated carbocycles. The van der Waals surface area contributed by atoms with E-state index in [1.165, 1.54) is 18.6 Å². The number of aliphatic hydroxyl groups is 1. The maximum absolute atomic E-state index is 13.8. The molecule has 1 aromatic heterocycles. The quantitative estimate of drug-likeness (QED) is 0.803. The zero-order valence-corrected chi connectivity index (χ0v) is 16.9. The van der Waals surface area contributed by atoms with Gasteiger partial charge in [0, 0.05) is 50.8 Å². The lowest BCUT2D eigenvalue weighted by Crippen LogP contribution is -2.48. The van der Waals surface area contributed by atoms with Crippen molar-refractivity contribution in [2.24, 2.45) is 11.8 Å². The minimum Gasteiger partial charge on any atom is -0.396 e. The molecular formula is C23H25N3O4. The molecule has 1 aromatic carbocycles. The first-order chi connectivity index (χ1) is 14.5. The van der Waals surface area contributed by atoms with Crippen molar-refractivity contribution in [1.29, 1.82) is 0 Å². The zero-order valence-electron chi connectivity index (χ0n) is 16.9. The van der Waals surface area contributed by atoms with Gasteiger partial charge in [-0.05, 0) is 23.6 Å². The molecule has 4 heterocycles. The summed E-state index contributed by atoms with van der Waals surface area (Å²) in [6.07, 6.45) is 0.791. The molecule has 156 valence electrons. The molecule has 2 amide bonds. The number of nitrogens with zero attached hydrogens (tertiary/aromatic N) is 3. The number of rotatable bonds is 2. The van der Waals surface area contributed by atoms with Crippen LogP contribution in [0.25, 0.3) is 0 Å². The highest BCUT2D eigenvalue weighted by Gasteiger charge is 2.57. The van der Waals surface area contributed by atoms with Crippen molar-refractivity contribution in [2.75, 3.05) is 13.2 Å². The van der Waals surface area contributed by atoms with Gasteiger partial charge in [-0.25, -0.2) is 0 Å². The second-order valence-electron chi connectivity index (χ2n) is 8.49. The molecule has 5 rings (SSSR count). The highest BCUT2D eigenvalue weighted by Crippen LogP contribution is 2.49. The minimum absolute atomic E-state index is 0.0490. The Balaban J connectivity index is 1.56. The standard InChI is InChI=1S/C23H25N3O4/c1-14(28)26-19-12-25-18(7-4-8-20(25)29)22(26)21(17(19)13-27)23(30)24-10-9-15-5-2-3-6-16(15)11-24/h2-8,17,19,21-22,27H,9-13H2,1H3/t17-,19-,21+,22+/m0/s1. The van der Waals surface area contributed by atoms with Crippen LogP contribution in [0.15, 0.2) is 47.3 Å². The number of hydrogen-bond acceptors (Lipinski definition) is 4. The molecule has 1 N–H and O–H groups in total. The zero-order chi connectivity index (χ0) is 21.0. The van der Waals surface area contributed by atoms with Gasteiger partial charge in [0.1, 0.15) is 0 Å². The fraction of sp³-hybridized carbons (Fsp3) is 0.435. The van der Waals surface area contributed by atoms with Crippen LogP contribution >= 0.6 is 0 Å². The molecule has 0 radical (unpaired) electrons.